The maximum absolute atomic E-state index is 13.0. The van der Waals surface area contributed by atoms with E-state index in [1.165, 1.54) is 34.2 Å². The second kappa shape index (κ2) is 7.86. The van der Waals surface area contributed by atoms with Crippen molar-refractivity contribution >= 4 is 33.0 Å². The summed E-state index contributed by atoms with van der Waals surface area (Å²) in [6.07, 6.45) is 3.24. The Morgan fingerprint density at radius 1 is 1.52 bits per heavy atom. The summed E-state index contributed by atoms with van der Waals surface area (Å²) < 4.78 is 51.9. The molecule has 2 aromatic rings. The molecule has 0 radical (unpaired) electrons. The molecular weight excluding hydrogens is 430 g/mol. The van der Waals surface area contributed by atoms with Gasteiger partial charge in [0.2, 0.25) is 12.1 Å². The molecule has 0 aliphatic heterocycles. The number of aromatic nitrogens is 3. The van der Waals surface area contributed by atoms with E-state index in [1.807, 2.05) is 0 Å². The molecule has 0 bridgehead atoms. The number of pyridine rings is 1. The summed E-state index contributed by atoms with van der Waals surface area (Å²) in [5.41, 5.74) is 0.679. The van der Waals surface area contributed by atoms with E-state index in [0.29, 0.717) is 10.4 Å². The number of carbonyl (C=O) groups is 1. The summed E-state index contributed by atoms with van der Waals surface area (Å²) >= 11 is 6.14. The van der Waals surface area contributed by atoms with Crippen molar-refractivity contribution in [3.05, 3.63) is 41.1 Å². The van der Waals surface area contributed by atoms with Gasteiger partial charge in [0.05, 0.1) is 17.7 Å². The highest BCUT2D eigenvalue weighted by molar-refractivity contribution is 7.91. The predicted molar refractivity (Wildman–Crippen MR) is 102 cm³/mol. The number of alkyl halides is 2. The van der Waals surface area contributed by atoms with Crippen LogP contribution in [0.25, 0.3) is 5.69 Å². The zero-order valence-electron chi connectivity index (χ0n) is 15.5. The van der Waals surface area contributed by atoms with Crippen molar-refractivity contribution in [1.82, 2.24) is 9.78 Å². The highest BCUT2D eigenvalue weighted by Crippen LogP contribution is 2.49. The molecular formula is C17H19ClF2N4O4S. The van der Waals surface area contributed by atoms with E-state index in [2.05, 4.69) is 5.10 Å². The zero-order valence-corrected chi connectivity index (χ0v) is 17.0. The molecule has 0 N–H and O–H groups in total. The number of amides is 1. The number of nitrogens with zero attached hydrogens (tertiary/aromatic N) is 4. The van der Waals surface area contributed by atoms with Crippen LogP contribution in [0.5, 0.6) is 0 Å². The van der Waals surface area contributed by atoms with E-state index in [-0.39, 0.29) is 23.8 Å². The molecule has 1 unspecified atom stereocenters. The average molecular weight is 449 g/mol. The van der Waals surface area contributed by atoms with Gasteiger partial charge in [-0.05, 0) is 13.0 Å². The monoisotopic (exact) mass is 448 g/mol. The van der Waals surface area contributed by atoms with Crippen molar-refractivity contribution in [1.29, 1.82) is 0 Å². The predicted octanol–water partition coefficient (Wildman–Crippen LogP) is 1.97. The minimum atomic E-state index is -3.78. The minimum Gasteiger partial charge on any atom is -0.619 e. The standard InChI is InChI=1S/C17H19ClF2N4O4S/c1-2-23(15(25)5-7-29(27,28)11-12-8-17(12,19)20)14-10-24(21-16(14)18)13-4-3-6-22(26)9-13/h3-4,6,9-10,12H,2,5,7-8,11H2,1H3. The normalized spacial score (nSPS) is 17.9. The van der Waals surface area contributed by atoms with Crippen molar-refractivity contribution in [3.8, 4) is 5.69 Å². The van der Waals surface area contributed by atoms with Crippen LogP contribution in [0.15, 0.2) is 30.7 Å². The third kappa shape index (κ3) is 5.02. The SMILES string of the molecule is CCN(C(=O)CCS(=O)(=O)CC1CC1(F)F)c1cn(-c2ccc[n+]([O-])c2)nc1Cl. The summed E-state index contributed by atoms with van der Waals surface area (Å²) in [7, 11) is -3.78. The first kappa shape index (κ1) is 21.4. The highest BCUT2D eigenvalue weighted by Gasteiger charge is 2.58. The average Bonchev–Trinajstić information content (AvgIpc) is 3.04. The second-order valence-corrected chi connectivity index (χ2v) is 9.42. The molecule has 0 aromatic carbocycles. The van der Waals surface area contributed by atoms with Crippen LogP contribution in [0.1, 0.15) is 19.8 Å². The summed E-state index contributed by atoms with van der Waals surface area (Å²) in [5, 5.41) is 15.5. The van der Waals surface area contributed by atoms with Crippen LogP contribution in [0.2, 0.25) is 5.15 Å². The highest BCUT2D eigenvalue weighted by atomic mass is 35.5. The van der Waals surface area contributed by atoms with E-state index >= 15 is 0 Å². The van der Waals surface area contributed by atoms with Gasteiger partial charge in [-0.3, -0.25) is 4.79 Å². The van der Waals surface area contributed by atoms with Crippen LogP contribution >= 0.6 is 11.6 Å². The van der Waals surface area contributed by atoms with Gasteiger partial charge in [-0.25, -0.2) is 21.9 Å². The van der Waals surface area contributed by atoms with Crippen molar-refractivity contribution in [2.45, 2.75) is 25.7 Å². The largest absolute Gasteiger partial charge is 0.619 e. The van der Waals surface area contributed by atoms with E-state index in [9.17, 15) is 27.2 Å². The van der Waals surface area contributed by atoms with Gasteiger partial charge < -0.3 is 10.1 Å². The smallest absolute Gasteiger partial charge is 0.252 e. The lowest BCUT2D eigenvalue weighted by molar-refractivity contribution is -0.605. The minimum absolute atomic E-state index is 0.00183. The van der Waals surface area contributed by atoms with Gasteiger partial charge in [-0.1, -0.05) is 11.6 Å². The Kier molecular flexibility index (Phi) is 5.81. The van der Waals surface area contributed by atoms with E-state index in [4.69, 9.17) is 11.6 Å². The van der Waals surface area contributed by atoms with Gasteiger partial charge >= 0.3 is 0 Å². The van der Waals surface area contributed by atoms with Gasteiger partial charge in [0, 0.05) is 31.4 Å². The lowest BCUT2D eigenvalue weighted by atomic mass is 10.3. The van der Waals surface area contributed by atoms with E-state index in [1.54, 1.807) is 13.0 Å². The van der Waals surface area contributed by atoms with Gasteiger partial charge in [-0.2, -0.15) is 9.83 Å². The van der Waals surface area contributed by atoms with Crippen molar-refractivity contribution in [2.24, 2.45) is 5.92 Å². The van der Waals surface area contributed by atoms with Crippen LogP contribution in [-0.4, -0.2) is 48.1 Å². The summed E-state index contributed by atoms with van der Waals surface area (Å²) in [4.78, 5) is 13.8. The van der Waals surface area contributed by atoms with Crippen LogP contribution in [0.4, 0.5) is 14.5 Å². The summed E-state index contributed by atoms with van der Waals surface area (Å²) in [6.45, 7) is 1.88. The van der Waals surface area contributed by atoms with Crippen LogP contribution < -0.4 is 9.63 Å². The molecule has 1 saturated carbocycles. The molecule has 1 atom stereocenters. The topological polar surface area (TPSA) is 99.2 Å². The fourth-order valence-electron chi connectivity index (χ4n) is 2.93. The zero-order chi connectivity index (χ0) is 21.4. The molecule has 2 heterocycles. The van der Waals surface area contributed by atoms with Crippen LogP contribution in [-0.2, 0) is 14.6 Å². The van der Waals surface area contributed by atoms with E-state index < -0.39 is 45.5 Å². The molecule has 3 rings (SSSR count). The summed E-state index contributed by atoms with van der Waals surface area (Å²) in [6, 6.07) is 3.15. The molecule has 8 nitrogen and oxygen atoms in total. The number of rotatable bonds is 8. The van der Waals surface area contributed by atoms with Crippen molar-refractivity contribution in [2.75, 3.05) is 23.0 Å². The second-order valence-electron chi connectivity index (χ2n) is 6.84. The molecule has 158 valence electrons. The molecule has 1 aliphatic carbocycles. The molecule has 29 heavy (non-hydrogen) atoms. The van der Waals surface area contributed by atoms with Gasteiger partial charge in [-0.15, -0.1) is 0 Å². The molecule has 1 amide bonds. The Bertz CT molecular complexity index is 1030. The quantitative estimate of drug-likeness (QED) is 0.454. The Balaban J connectivity index is 1.70. The fourth-order valence-corrected chi connectivity index (χ4v) is 4.79. The van der Waals surface area contributed by atoms with Gasteiger partial charge in [0.1, 0.15) is 11.4 Å². The van der Waals surface area contributed by atoms with E-state index in [0.717, 1.165) is 0 Å². The van der Waals surface area contributed by atoms with Crippen molar-refractivity contribution < 1.29 is 26.7 Å². The van der Waals surface area contributed by atoms with Crippen LogP contribution in [0.3, 0.4) is 0 Å². The molecule has 1 fully saturated rings. The number of carbonyl (C=O) groups excluding carboxylic acids is 1. The Hall–Kier alpha value is -2.27. The van der Waals surface area contributed by atoms with Crippen LogP contribution in [0, 0.1) is 11.1 Å². The molecule has 1 aliphatic rings. The molecule has 0 spiro atoms. The Morgan fingerprint density at radius 2 is 2.21 bits per heavy atom. The lowest BCUT2D eigenvalue weighted by Gasteiger charge is -2.19. The first-order valence-corrected chi connectivity index (χ1v) is 11.1. The number of hydrogen-bond donors (Lipinski definition) is 0. The third-order valence-corrected chi connectivity index (χ3v) is 6.63. The van der Waals surface area contributed by atoms with Gasteiger partial charge in [0.15, 0.2) is 21.2 Å². The first-order chi connectivity index (χ1) is 13.5. The van der Waals surface area contributed by atoms with Gasteiger partial charge in [0.25, 0.3) is 5.92 Å². The fraction of sp³-hybridized carbons (Fsp3) is 0.471. The number of sulfone groups is 1. The number of hydrogen-bond acceptors (Lipinski definition) is 5. The molecule has 12 heteroatoms. The maximum atomic E-state index is 13.0. The lowest BCUT2D eigenvalue weighted by Crippen LogP contribution is -2.32. The molecule has 2 aromatic heterocycles. The third-order valence-electron chi connectivity index (χ3n) is 4.62. The van der Waals surface area contributed by atoms with Crippen molar-refractivity contribution in [3.63, 3.8) is 0 Å². The number of anilines is 1. The Morgan fingerprint density at radius 3 is 2.79 bits per heavy atom. The number of halogens is 3. The summed E-state index contributed by atoms with van der Waals surface area (Å²) in [5.74, 6) is -5.75. The maximum Gasteiger partial charge on any atom is 0.252 e. The molecule has 0 saturated heterocycles. The Labute approximate surface area is 171 Å². The first-order valence-electron chi connectivity index (χ1n) is 8.85.